The van der Waals surface area contributed by atoms with E-state index in [1.54, 1.807) is 26.0 Å². The number of hydrogen-bond acceptors (Lipinski definition) is 14. The molecule has 20 saturated carbocycles. The van der Waals surface area contributed by atoms with Crippen molar-refractivity contribution in [3.8, 4) is 65.5 Å². The second kappa shape index (κ2) is 35.0. The molecule has 121 heavy (non-hydrogen) atoms. The molecule has 20 fully saturated rings. The van der Waals surface area contributed by atoms with Crippen LogP contribution in [0.5, 0.6) is 11.5 Å². The Labute approximate surface area is 736 Å². The summed E-state index contributed by atoms with van der Waals surface area (Å²) in [5.41, 5.74) is 10.6. The summed E-state index contributed by atoms with van der Waals surface area (Å²) in [6.45, 7) is 4.88. The maximum absolute atomic E-state index is 5.56. The average molecular weight is 1690 g/mol. The molecule has 5 aromatic carbocycles. The van der Waals surface area contributed by atoms with Gasteiger partial charge in [0, 0.05) is 124 Å². The van der Waals surface area contributed by atoms with Crippen molar-refractivity contribution < 1.29 is 14.0 Å². The molecule has 20 aliphatic rings. The Bertz CT molecular complexity index is 4490. The van der Waals surface area contributed by atoms with Crippen LogP contribution in [0.15, 0.2) is 192 Å². The first kappa shape index (κ1) is 81.4. The van der Waals surface area contributed by atoms with Crippen LogP contribution in [0.1, 0.15) is 219 Å². The summed E-state index contributed by atoms with van der Waals surface area (Å²) in [6, 6.07) is 62.3. The summed E-state index contributed by atoms with van der Waals surface area (Å²) < 4.78 is 16.0. The van der Waals surface area contributed by atoms with Gasteiger partial charge in [-0.2, -0.15) is 0 Å². The number of methoxy groups -OCH3 is 2. The highest BCUT2D eigenvalue weighted by atomic mass is 32.2. The van der Waals surface area contributed by atoms with Gasteiger partial charge in [0.25, 0.3) is 0 Å². The van der Waals surface area contributed by atoms with Crippen molar-refractivity contribution in [2.75, 3.05) is 20.5 Å². The summed E-state index contributed by atoms with van der Waals surface area (Å²) in [4.78, 5) is 18.0. The summed E-state index contributed by atoms with van der Waals surface area (Å²) in [6.07, 6.45) is 48.0. The van der Waals surface area contributed by atoms with Crippen molar-refractivity contribution in [2.24, 2.45) is 88.8 Å². The number of aromatic nitrogens is 3. The van der Waals surface area contributed by atoms with Crippen LogP contribution in [0, 0.1) is 88.8 Å². The van der Waals surface area contributed by atoms with Crippen LogP contribution in [-0.2, 0) is 32.7 Å². The highest BCUT2D eigenvalue weighted by Crippen LogP contribution is 2.61. The molecule has 20 bridgehead atoms. The predicted octanol–water partition coefficient (Wildman–Crippen LogP) is 25.7. The second-order valence-electron chi connectivity index (χ2n) is 41.9. The van der Waals surface area contributed by atoms with Crippen molar-refractivity contribution >= 4 is 45.8 Å². The van der Waals surface area contributed by atoms with Gasteiger partial charge in [0.15, 0.2) is 5.76 Å². The van der Waals surface area contributed by atoms with Crippen molar-refractivity contribution in [1.82, 2.24) is 41.7 Å². The largest absolute Gasteiger partial charge is 0.497 e. The van der Waals surface area contributed by atoms with Gasteiger partial charge in [-0.3, -0.25) is 0 Å². The molecule has 5 aromatic heterocycles. The van der Waals surface area contributed by atoms with Gasteiger partial charge in [-0.05, 0) is 401 Å². The zero-order valence-electron chi connectivity index (χ0n) is 72.0. The van der Waals surface area contributed by atoms with Crippen molar-refractivity contribution in [1.29, 1.82) is 0 Å². The molecule has 0 atom stereocenters. The molecule has 0 unspecified atom stereocenters. The maximum Gasteiger partial charge on any atom is 0.167 e. The van der Waals surface area contributed by atoms with E-state index in [4.69, 9.17) is 14.0 Å². The Hall–Kier alpha value is -6.63. The van der Waals surface area contributed by atoms with E-state index in [-0.39, 0.29) is 0 Å². The number of H-pyrrole nitrogens is 1. The molecule has 10 aromatic rings. The SMILES string of the molecule is COc1ccc(-c2cc(CNC34CC5CC(CC(C5)C3)C4)no2)cc1.COc1ccc(-c2ccc(CNC34CC5CC(CC(C5)C3)C4)s2)cc1.CSc1ccc(-c2ccc(CNC34CC5CC(CC(C5)C3)C4)s2)cc1.c1ccc(-c2ccc(CNC34CC5CC(CC(C5)C3)C4)s2)cc1.c1ccc(-c2ncc(CNC34CC5CC(CC(C5)C3)C4)[nH]2)cc1. The summed E-state index contributed by atoms with van der Waals surface area (Å²) >= 11 is 7.64. The minimum atomic E-state index is 0.369. The highest BCUT2D eigenvalue weighted by Gasteiger charge is 2.55. The lowest BCUT2D eigenvalue weighted by atomic mass is 9.53. The van der Waals surface area contributed by atoms with Crippen LogP contribution in [0.2, 0.25) is 0 Å². The predicted molar refractivity (Wildman–Crippen MR) is 499 cm³/mol. The number of hydrogen-bond donors (Lipinski definition) is 6. The lowest BCUT2D eigenvalue weighted by Gasteiger charge is -2.57. The van der Waals surface area contributed by atoms with Gasteiger partial charge < -0.3 is 45.6 Å². The number of thiophene rings is 3. The molecule has 636 valence electrons. The minimum absolute atomic E-state index is 0.369. The van der Waals surface area contributed by atoms with E-state index >= 15 is 0 Å². The van der Waals surface area contributed by atoms with Crippen LogP contribution in [0.3, 0.4) is 0 Å². The molecule has 0 saturated heterocycles. The van der Waals surface area contributed by atoms with Gasteiger partial charge in [0.05, 0.1) is 19.9 Å². The molecule has 0 amide bonds. The first-order valence-electron chi connectivity index (χ1n) is 47.2. The number of ether oxygens (including phenoxy) is 2. The topological polar surface area (TPSA) is 133 Å². The highest BCUT2D eigenvalue weighted by molar-refractivity contribution is 7.98. The molecule has 0 aliphatic heterocycles. The molecule has 30 rings (SSSR count). The normalized spacial score (nSPS) is 33.7. The molecular weight excluding hydrogens is 1560 g/mol. The molecule has 5 heterocycles. The molecule has 11 nitrogen and oxygen atoms in total. The number of nitrogens with one attached hydrogen (secondary N) is 6. The summed E-state index contributed by atoms with van der Waals surface area (Å²) in [7, 11) is 3.39. The van der Waals surface area contributed by atoms with Gasteiger partial charge in [-0.1, -0.05) is 78.0 Å². The average Bonchev–Trinajstić information content (AvgIpc) is 1.54. The van der Waals surface area contributed by atoms with E-state index in [1.807, 2.05) is 82.7 Å². The minimum Gasteiger partial charge on any atom is -0.497 e. The van der Waals surface area contributed by atoms with Crippen LogP contribution >= 0.6 is 45.8 Å². The van der Waals surface area contributed by atoms with Crippen LogP contribution in [0.25, 0.3) is 54.0 Å². The molecule has 15 heteroatoms. The van der Waals surface area contributed by atoms with Crippen molar-refractivity contribution in [2.45, 2.75) is 258 Å². The van der Waals surface area contributed by atoms with E-state index in [1.165, 1.54) is 249 Å². The van der Waals surface area contributed by atoms with Gasteiger partial charge in [0.1, 0.15) is 17.3 Å². The van der Waals surface area contributed by atoms with Gasteiger partial charge in [0.2, 0.25) is 0 Å². The van der Waals surface area contributed by atoms with Gasteiger partial charge in [-0.25, -0.2) is 4.98 Å². The number of imidazole rings is 1. The Morgan fingerprint density at radius 2 is 0.645 bits per heavy atom. The number of benzene rings is 5. The van der Waals surface area contributed by atoms with E-state index in [0.29, 0.717) is 27.7 Å². The second-order valence-corrected chi connectivity index (χ2v) is 46.3. The first-order valence-corrected chi connectivity index (χ1v) is 50.9. The third-order valence-electron chi connectivity index (χ3n) is 32.8. The van der Waals surface area contributed by atoms with E-state index in [9.17, 15) is 0 Å². The Balaban J connectivity index is 0.0000000934. The van der Waals surface area contributed by atoms with Gasteiger partial charge in [-0.15, -0.1) is 45.8 Å². The molecule has 6 N–H and O–H groups in total. The number of rotatable bonds is 23. The zero-order chi connectivity index (χ0) is 81.1. The van der Waals surface area contributed by atoms with Crippen LogP contribution in [-0.4, -0.2) is 63.3 Å². The summed E-state index contributed by atoms with van der Waals surface area (Å²) in [5.74, 6) is 18.6. The number of aromatic amines is 1. The fraction of sp³-hybridized carbons (Fsp3) is 0.547. The fourth-order valence-corrected chi connectivity index (χ4v) is 32.8. The van der Waals surface area contributed by atoms with Crippen molar-refractivity contribution in [3.63, 3.8) is 0 Å². The van der Waals surface area contributed by atoms with E-state index in [0.717, 1.165) is 161 Å². The third-order valence-corrected chi connectivity index (χ3v) is 37.0. The third kappa shape index (κ3) is 18.5. The first-order chi connectivity index (χ1) is 59.2. The Morgan fingerprint density at radius 3 is 0.975 bits per heavy atom. The summed E-state index contributed by atoms with van der Waals surface area (Å²) in [5, 5.41) is 24.2. The van der Waals surface area contributed by atoms with Gasteiger partial charge >= 0.3 is 0 Å². The lowest BCUT2D eigenvalue weighted by molar-refractivity contribution is -0.0209. The Morgan fingerprint density at radius 1 is 0.347 bits per heavy atom. The molecular formula is C106H130N8O3S4. The zero-order valence-corrected chi connectivity index (χ0v) is 75.2. The quantitative estimate of drug-likeness (QED) is 0.0342. The smallest absolute Gasteiger partial charge is 0.167 e. The van der Waals surface area contributed by atoms with Crippen LogP contribution in [0.4, 0.5) is 0 Å². The van der Waals surface area contributed by atoms with E-state index in [2.05, 4.69) is 181 Å². The molecule has 0 spiro atoms. The molecule has 20 aliphatic carbocycles. The van der Waals surface area contributed by atoms with Crippen LogP contribution < -0.4 is 36.1 Å². The number of nitrogens with zero attached hydrogens (tertiary/aromatic N) is 2. The maximum atomic E-state index is 5.56. The Kier molecular flexibility index (Phi) is 23.5. The fourth-order valence-electron chi connectivity index (χ4n) is 29.5. The lowest BCUT2D eigenvalue weighted by Crippen LogP contribution is -2.58. The number of thioether (sulfide) groups is 1. The monoisotopic (exact) mass is 1690 g/mol. The van der Waals surface area contributed by atoms with E-state index < -0.39 is 0 Å². The molecule has 0 radical (unpaired) electrons. The van der Waals surface area contributed by atoms with Crippen molar-refractivity contribution in [3.05, 3.63) is 208 Å². The standard InChI is InChI=1S/C22H27NOS.C22H27NS2.C21H26N2O2.C21H25NS.C20H25N3/c2*1-24-19-4-2-18(3-5-19)21-7-6-20(25-21)14-23-22-11-15-8-16(12-22)10-17(9-15)13-22;1-24-19-4-2-17(3-5-19)20-9-18(23-25-20)13-22-21-10-14-6-15(11-21)8-16(7-14)12-21;1-2-4-18(5-3-1)20-7-6-19(23-20)14-22-21-11-15-8-16(12-21)10-17(9-15)13-21;1-2-4-17(5-3-1)19-21-12-18(23-19)13-22-20-9-14-6-15(10-20)8-16(7-14)11-20/h2*2-7,15-17,23H,8-14H2,1H3;2-5,9,14-16,22H,6-8,10-13H2,1H3;1-7,15-17,22H,8-14H2;1-5,12,14-16,22H,6-11,13H2,(H,21,23).